The lowest BCUT2D eigenvalue weighted by Gasteiger charge is -2.20. The van der Waals surface area contributed by atoms with Gasteiger partial charge in [-0.1, -0.05) is 32.9 Å². The lowest BCUT2D eigenvalue weighted by atomic mass is 9.87. The molecule has 0 radical (unpaired) electrons. The summed E-state index contributed by atoms with van der Waals surface area (Å²) >= 11 is 0. The molecule has 1 atom stereocenters. The quantitative estimate of drug-likeness (QED) is 0.807. The van der Waals surface area contributed by atoms with Gasteiger partial charge in [0.2, 0.25) is 0 Å². The summed E-state index contributed by atoms with van der Waals surface area (Å²) in [5.41, 5.74) is 1.54. The van der Waals surface area contributed by atoms with Crippen molar-refractivity contribution in [2.45, 2.75) is 64.6 Å². The predicted octanol–water partition coefficient (Wildman–Crippen LogP) is 4.32. The zero-order chi connectivity index (χ0) is 14.1. The second kappa shape index (κ2) is 5.16. The van der Waals surface area contributed by atoms with Crippen molar-refractivity contribution in [3.05, 3.63) is 29.8 Å². The molecular weight excluding hydrogens is 236 g/mol. The van der Waals surface area contributed by atoms with Gasteiger partial charge < -0.3 is 9.47 Å². The first-order valence-corrected chi connectivity index (χ1v) is 7.17. The molecule has 0 N–H and O–H groups in total. The van der Waals surface area contributed by atoms with Crippen molar-refractivity contribution in [3.63, 3.8) is 0 Å². The van der Waals surface area contributed by atoms with Crippen LogP contribution in [0, 0.1) is 0 Å². The molecule has 106 valence electrons. The molecule has 1 fully saturated rings. The number of ether oxygens (including phenoxy) is 2. The van der Waals surface area contributed by atoms with Crippen molar-refractivity contribution < 1.29 is 9.47 Å². The van der Waals surface area contributed by atoms with Gasteiger partial charge in [0.15, 0.2) is 0 Å². The van der Waals surface area contributed by atoms with Crippen LogP contribution in [0.2, 0.25) is 0 Å². The Morgan fingerprint density at radius 3 is 2.32 bits per heavy atom. The van der Waals surface area contributed by atoms with Crippen molar-refractivity contribution in [3.8, 4) is 5.75 Å². The minimum atomic E-state index is 0.0180. The third-order valence-corrected chi connectivity index (χ3v) is 3.71. The zero-order valence-corrected chi connectivity index (χ0v) is 12.8. The summed E-state index contributed by atoms with van der Waals surface area (Å²) in [6.07, 6.45) is 2.44. The van der Waals surface area contributed by atoms with Gasteiger partial charge in [0.05, 0.1) is 11.7 Å². The Kier molecular flexibility index (Phi) is 3.91. The SMILES string of the molecule is CC1(C)CCC(COc2ccc(C(C)(C)C)cc2)O1. The predicted molar refractivity (Wildman–Crippen MR) is 78.8 cm³/mol. The molecule has 1 aliphatic heterocycles. The number of rotatable bonds is 3. The van der Waals surface area contributed by atoms with Crippen LogP contribution in [0.4, 0.5) is 0 Å². The Labute approximate surface area is 117 Å². The normalized spacial score (nSPS) is 22.5. The number of benzene rings is 1. The van der Waals surface area contributed by atoms with Crippen molar-refractivity contribution in [2.75, 3.05) is 6.61 Å². The highest BCUT2D eigenvalue weighted by molar-refractivity contribution is 5.31. The molecule has 19 heavy (non-hydrogen) atoms. The van der Waals surface area contributed by atoms with E-state index >= 15 is 0 Å². The molecule has 0 aliphatic carbocycles. The van der Waals surface area contributed by atoms with Crippen LogP contribution in [0.3, 0.4) is 0 Å². The minimum Gasteiger partial charge on any atom is -0.491 e. The molecule has 2 nitrogen and oxygen atoms in total. The number of hydrogen-bond donors (Lipinski definition) is 0. The molecule has 1 aromatic carbocycles. The second-order valence-corrected chi connectivity index (χ2v) is 7.12. The fraction of sp³-hybridized carbons (Fsp3) is 0.647. The molecule has 2 rings (SSSR count). The van der Waals surface area contributed by atoms with Crippen molar-refractivity contribution >= 4 is 0 Å². The average Bonchev–Trinajstić information content (AvgIpc) is 2.66. The van der Waals surface area contributed by atoms with E-state index in [4.69, 9.17) is 9.47 Å². The summed E-state index contributed by atoms with van der Waals surface area (Å²) in [5, 5.41) is 0. The topological polar surface area (TPSA) is 18.5 Å². The van der Waals surface area contributed by atoms with Crippen LogP contribution in [0.15, 0.2) is 24.3 Å². The Hall–Kier alpha value is -1.02. The van der Waals surface area contributed by atoms with Crippen LogP contribution in [0.1, 0.15) is 53.0 Å². The molecule has 1 heterocycles. The van der Waals surface area contributed by atoms with E-state index in [1.165, 1.54) is 5.56 Å². The molecule has 1 unspecified atom stereocenters. The maximum absolute atomic E-state index is 5.92. The zero-order valence-electron chi connectivity index (χ0n) is 12.8. The average molecular weight is 262 g/mol. The summed E-state index contributed by atoms with van der Waals surface area (Å²) < 4.78 is 11.7. The van der Waals surface area contributed by atoms with E-state index in [-0.39, 0.29) is 17.1 Å². The number of hydrogen-bond acceptors (Lipinski definition) is 2. The van der Waals surface area contributed by atoms with Gasteiger partial charge in [-0.15, -0.1) is 0 Å². The Morgan fingerprint density at radius 1 is 1.21 bits per heavy atom. The van der Waals surface area contributed by atoms with Crippen molar-refractivity contribution in [1.29, 1.82) is 0 Å². The maximum Gasteiger partial charge on any atom is 0.119 e. The van der Waals surface area contributed by atoms with Gasteiger partial charge in [0.1, 0.15) is 12.4 Å². The van der Waals surface area contributed by atoms with E-state index in [9.17, 15) is 0 Å². The van der Waals surface area contributed by atoms with E-state index in [0.29, 0.717) is 6.61 Å². The minimum absolute atomic E-state index is 0.0180. The van der Waals surface area contributed by atoms with Gasteiger partial charge in [-0.05, 0) is 49.8 Å². The smallest absolute Gasteiger partial charge is 0.119 e. The first kappa shape index (κ1) is 14.4. The van der Waals surface area contributed by atoms with Gasteiger partial charge in [-0.2, -0.15) is 0 Å². The first-order chi connectivity index (χ1) is 8.76. The van der Waals surface area contributed by atoms with Gasteiger partial charge in [-0.3, -0.25) is 0 Å². The van der Waals surface area contributed by atoms with E-state index in [0.717, 1.165) is 18.6 Å². The lowest BCUT2D eigenvalue weighted by Crippen LogP contribution is -2.23. The Balaban J connectivity index is 1.87. The van der Waals surface area contributed by atoms with Crippen LogP contribution in [0.25, 0.3) is 0 Å². The van der Waals surface area contributed by atoms with Crippen molar-refractivity contribution in [2.24, 2.45) is 0 Å². The highest BCUT2D eigenvalue weighted by atomic mass is 16.6. The fourth-order valence-corrected chi connectivity index (χ4v) is 2.44. The van der Waals surface area contributed by atoms with E-state index in [1.54, 1.807) is 0 Å². The fourth-order valence-electron chi connectivity index (χ4n) is 2.44. The lowest BCUT2D eigenvalue weighted by molar-refractivity contribution is -0.0326. The molecule has 0 bridgehead atoms. The van der Waals surface area contributed by atoms with Gasteiger partial charge >= 0.3 is 0 Å². The Bertz CT molecular complexity index is 412. The summed E-state index contributed by atoms with van der Waals surface area (Å²) in [4.78, 5) is 0. The van der Waals surface area contributed by atoms with E-state index in [2.05, 4.69) is 58.9 Å². The summed E-state index contributed by atoms with van der Waals surface area (Å²) in [6, 6.07) is 8.41. The molecular formula is C17H26O2. The summed E-state index contributed by atoms with van der Waals surface area (Å²) in [5.74, 6) is 0.932. The van der Waals surface area contributed by atoms with Crippen LogP contribution < -0.4 is 4.74 Å². The van der Waals surface area contributed by atoms with Crippen molar-refractivity contribution in [1.82, 2.24) is 0 Å². The van der Waals surface area contributed by atoms with E-state index < -0.39 is 0 Å². The maximum atomic E-state index is 5.92. The van der Waals surface area contributed by atoms with E-state index in [1.807, 2.05) is 0 Å². The molecule has 1 aromatic rings. The van der Waals surface area contributed by atoms with Crippen LogP contribution in [-0.2, 0) is 10.2 Å². The van der Waals surface area contributed by atoms with Gasteiger partial charge in [-0.25, -0.2) is 0 Å². The molecule has 0 spiro atoms. The molecule has 0 amide bonds. The van der Waals surface area contributed by atoms with Gasteiger partial charge in [0.25, 0.3) is 0 Å². The van der Waals surface area contributed by atoms with Crippen LogP contribution in [-0.4, -0.2) is 18.3 Å². The highest BCUT2D eigenvalue weighted by Gasteiger charge is 2.31. The summed E-state index contributed by atoms with van der Waals surface area (Å²) in [7, 11) is 0. The molecule has 2 heteroatoms. The molecule has 1 saturated heterocycles. The molecule has 1 aliphatic rings. The molecule has 0 aromatic heterocycles. The third kappa shape index (κ3) is 3.97. The van der Waals surface area contributed by atoms with Crippen LogP contribution >= 0.6 is 0 Å². The second-order valence-electron chi connectivity index (χ2n) is 7.12. The highest BCUT2D eigenvalue weighted by Crippen LogP contribution is 2.30. The van der Waals surface area contributed by atoms with Gasteiger partial charge in [0, 0.05) is 0 Å². The third-order valence-electron chi connectivity index (χ3n) is 3.71. The molecule has 0 saturated carbocycles. The summed E-state index contributed by atoms with van der Waals surface area (Å²) in [6.45, 7) is 11.6. The largest absolute Gasteiger partial charge is 0.491 e. The first-order valence-electron chi connectivity index (χ1n) is 7.17. The van der Waals surface area contributed by atoms with Crippen LogP contribution in [0.5, 0.6) is 5.75 Å². The standard InChI is InChI=1S/C17H26O2/c1-16(2,3)13-6-8-14(9-7-13)18-12-15-10-11-17(4,5)19-15/h6-9,15H,10-12H2,1-5H3. The monoisotopic (exact) mass is 262 g/mol. The Morgan fingerprint density at radius 2 is 1.84 bits per heavy atom.